The molecule has 3 heterocycles. The number of nitrogens with zero attached hydrogens (tertiary/aromatic N) is 2. The quantitative estimate of drug-likeness (QED) is 0.563. The van der Waals surface area contributed by atoms with Crippen LogP contribution in [-0.4, -0.2) is 39.3 Å². The SMILES string of the molecule is NC(=O)c1nc2n(c(=O)c1O)CC1CC(C2)C(N)CO1. The fourth-order valence-electron chi connectivity index (χ4n) is 2.87. The van der Waals surface area contributed by atoms with Crippen LogP contribution >= 0.6 is 0 Å². The van der Waals surface area contributed by atoms with Gasteiger partial charge in [-0.2, -0.15) is 0 Å². The lowest BCUT2D eigenvalue weighted by Gasteiger charge is -2.31. The van der Waals surface area contributed by atoms with Gasteiger partial charge in [0.15, 0.2) is 5.69 Å². The van der Waals surface area contributed by atoms with Crippen LogP contribution in [0, 0.1) is 5.92 Å². The third-order valence-corrected chi connectivity index (χ3v) is 3.98. The van der Waals surface area contributed by atoms with Gasteiger partial charge in [0.25, 0.3) is 11.5 Å². The molecule has 2 bridgehead atoms. The molecular weight excluding hydrogens is 264 g/mol. The number of rotatable bonds is 1. The highest BCUT2D eigenvalue weighted by Gasteiger charge is 2.35. The number of aromatic hydroxyl groups is 1. The molecule has 8 nitrogen and oxygen atoms in total. The van der Waals surface area contributed by atoms with Gasteiger partial charge in [-0.25, -0.2) is 4.98 Å². The van der Waals surface area contributed by atoms with E-state index >= 15 is 0 Å². The number of hydrogen-bond donors (Lipinski definition) is 3. The van der Waals surface area contributed by atoms with Gasteiger partial charge in [-0.3, -0.25) is 14.2 Å². The minimum Gasteiger partial charge on any atom is -0.501 e. The van der Waals surface area contributed by atoms with Crippen LogP contribution < -0.4 is 17.0 Å². The summed E-state index contributed by atoms with van der Waals surface area (Å²) in [6.07, 6.45) is 1.08. The minimum absolute atomic E-state index is 0.125. The smallest absolute Gasteiger partial charge is 0.296 e. The third kappa shape index (κ3) is 1.97. The molecule has 20 heavy (non-hydrogen) atoms. The first-order valence-electron chi connectivity index (χ1n) is 6.47. The zero-order chi connectivity index (χ0) is 14.4. The molecule has 3 atom stereocenters. The molecule has 1 aromatic rings. The van der Waals surface area contributed by atoms with Crippen LogP contribution in [0.5, 0.6) is 5.75 Å². The Hall–Kier alpha value is -1.93. The zero-order valence-corrected chi connectivity index (χ0v) is 10.8. The van der Waals surface area contributed by atoms with Gasteiger partial charge in [-0.05, 0) is 12.3 Å². The Labute approximate surface area is 114 Å². The Morgan fingerprint density at radius 2 is 2.25 bits per heavy atom. The summed E-state index contributed by atoms with van der Waals surface area (Å²) in [6, 6.07) is -0.125. The number of fused-ring (bicyclic) bond motifs is 3. The molecule has 108 valence electrons. The van der Waals surface area contributed by atoms with E-state index in [2.05, 4.69) is 4.98 Å². The Bertz CT molecular complexity index is 627. The average Bonchev–Trinajstić information content (AvgIpc) is 2.55. The van der Waals surface area contributed by atoms with Crippen molar-refractivity contribution < 1.29 is 14.6 Å². The van der Waals surface area contributed by atoms with Crippen LogP contribution in [0.25, 0.3) is 0 Å². The molecule has 2 aliphatic heterocycles. The van der Waals surface area contributed by atoms with Crippen molar-refractivity contribution >= 4 is 5.91 Å². The number of nitrogens with two attached hydrogens (primary N) is 2. The Kier molecular flexibility index (Phi) is 2.98. The topological polar surface area (TPSA) is 133 Å². The highest BCUT2D eigenvalue weighted by molar-refractivity contribution is 5.93. The van der Waals surface area contributed by atoms with Crippen molar-refractivity contribution in [3.63, 3.8) is 0 Å². The molecule has 1 amide bonds. The van der Waals surface area contributed by atoms with Crippen LogP contribution in [0.3, 0.4) is 0 Å². The largest absolute Gasteiger partial charge is 0.501 e. The summed E-state index contributed by atoms with van der Waals surface area (Å²) in [4.78, 5) is 27.4. The van der Waals surface area contributed by atoms with Crippen molar-refractivity contribution in [2.24, 2.45) is 17.4 Å². The van der Waals surface area contributed by atoms with Crippen molar-refractivity contribution in [3.05, 3.63) is 21.9 Å². The Morgan fingerprint density at radius 1 is 1.50 bits per heavy atom. The van der Waals surface area contributed by atoms with E-state index in [0.29, 0.717) is 25.4 Å². The Balaban J connectivity index is 2.13. The summed E-state index contributed by atoms with van der Waals surface area (Å²) < 4.78 is 6.94. The molecule has 3 unspecified atom stereocenters. The van der Waals surface area contributed by atoms with E-state index in [0.717, 1.165) is 6.42 Å². The van der Waals surface area contributed by atoms with Crippen molar-refractivity contribution in [1.82, 2.24) is 9.55 Å². The van der Waals surface area contributed by atoms with E-state index in [1.54, 1.807) is 0 Å². The standard InChI is InChI=1S/C12H16N4O4/c13-7-4-20-6-1-5(7)2-8-15-9(11(14)18)10(17)12(19)16(8)3-6/h5-7,17H,1-4,13H2,(H2,14,18). The first-order chi connectivity index (χ1) is 9.47. The third-order valence-electron chi connectivity index (χ3n) is 3.98. The van der Waals surface area contributed by atoms with E-state index in [1.165, 1.54) is 4.57 Å². The van der Waals surface area contributed by atoms with Gasteiger partial charge in [-0.1, -0.05) is 0 Å². The summed E-state index contributed by atoms with van der Waals surface area (Å²) in [6.45, 7) is 0.740. The van der Waals surface area contributed by atoms with E-state index in [4.69, 9.17) is 16.2 Å². The monoisotopic (exact) mass is 280 g/mol. The predicted molar refractivity (Wildman–Crippen MR) is 68.2 cm³/mol. The highest BCUT2D eigenvalue weighted by Crippen LogP contribution is 2.27. The second kappa shape index (κ2) is 4.57. The Morgan fingerprint density at radius 3 is 2.95 bits per heavy atom. The van der Waals surface area contributed by atoms with Crippen LogP contribution in [0.15, 0.2) is 4.79 Å². The molecule has 0 aliphatic carbocycles. The van der Waals surface area contributed by atoms with Gasteiger partial charge < -0.3 is 21.3 Å². The van der Waals surface area contributed by atoms with Crippen LogP contribution in [0.1, 0.15) is 22.7 Å². The molecule has 3 rings (SSSR count). The number of primary amides is 1. The first kappa shape index (κ1) is 13.1. The summed E-state index contributed by atoms with van der Waals surface area (Å²) in [7, 11) is 0. The maximum atomic E-state index is 12.1. The lowest BCUT2D eigenvalue weighted by molar-refractivity contribution is -0.0239. The number of ether oxygens (including phenoxy) is 1. The molecule has 1 aromatic heterocycles. The molecule has 1 saturated heterocycles. The molecule has 0 saturated carbocycles. The lowest BCUT2D eigenvalue weighted by Crippen LogP contribution is -2.43. The van der Waals surface area contributed by atoms with Gasteiger partial charge in [-0.15, -0.1) is 0 Å². The molecule has 0 radical (unpaired) electrons. The van der Waals surface area contributed by atoms with Crippen molar-refractivity contribution in [2.45, 2.75) is 31.5 Å². The lowest BCUT2D eigenvalue weighted by atomic mass is 9.89. The second-order valence-electron chi connectivity index (χ2n) is 5.32. The fourth-order valence-corrected chi connectivity index (χ4v) is 2.87. The minimum atomic E-state index is -0.921. The van der Waals surface area contributed by atoms with Crippen molar-refractivity contribution in [2.75, 3.05) is 6.61 Å². The van der Waals surface area contributed by atoms with Gasteiger partial charge >= 0.3 is 0 Å². The molecule has 1 fully saturated rings. The van der Waals surface area contributed by atoms with Gasteiger partial charge in [0.2, 0.25) is 5.75 Å². The fraction of sp³-hybridized carbons (Fsp3) is 0.583. The van der Waals surface area contributed by atoms with E-state index in [9.17, 15) is 14.7 Å². The summed E-state index contributed by atoms with van der Waals surface area (Å²) in [5.41, 5.74) is 10.1. The van der Waals surface area contributed by atoms with Gasteiger partial charge in [0.1, 0.15) is 5.82 Å². The molecule has 0 spiro atoms. The first-order valence-corrected chi connectivity index (χ1v) is 6.47. The molecule has 0 aromatic carbocycles. The normalized spacial score (nSPS) is 28.6. The molecule has 5 N–H and O–H groups in total. The summed E-state index contributed by atoms with van der Waals surface area (Å²) >= 11 is 0. The molecule has 8 heteroatoms. The molecule has 2 aliphatic rings. The number of hydrogen-bond acceptors (Lipinski definition) is 6. The highest BCUT2D eigenvalue weighted by atomic mass is 16.5. The predicted octanol–water partition coefficient (Wildman–Crippen LogP) is -1.66. The van der Waals surface area contributed by atoms with Crippen molar-refractivity contribution in [1.29, 1.82) is 0 Å². The number of amides is 1. The van der Waals surface area contributed by atoms with Crippen LogP contribution in [-0.2, 0) is 17.7 Å². The second-order valence-corrected chi connectivity index (χ2v) is 5.32. The molecular formula is C12H16N4O4. The maximum absolute atomic E-state index is 12.1. The zero-order valence-electron chi connectivity index (χ0n) is 10.8. The average molecular weight is 280 g/mol. The van der Waals surface area contributed by atoms with Crippen LogP contribution in [0.2, 0.25) is 0 Å². The number of aromatic nitrogens is 2. The van der Waals surface area contributed by atoms with E-state index in [1.807, 2.05) is 0 Å². The summed E-state index contributed by atoms with van der Waals surface area (Å²) in [5, 5.41) is 9.75. The number of carbonyl (C=O) groups is 1. The van der Waals surface area contributed by atoms with Crippen molar-refractivity contribution in [3.8, 4) is 5.75 Å². The summed E-state index contributed by atoms with van der Waals surface area (Å²) in [5.74, 6) is -1.06. The van der Waals surface area contributed by atoms with Gasteiger partial charge in [0, 0.05) is 12.5 Å². The van der Waals surface area contributed by atoms with E-state index < -0.39 is 17.2 Å². The van der Waals surface area contributed by atoms with E-state index in [-0.39, 0.29) is 23.8 Å². The van der Waals surface area contributed by atoms with Crippen LogP contribution in [0.4, 0.5) is 0 Å². The van der Waals surface area contributed by atoms with Gasteiger partial charge in [0.05, 0.1) is 19.3 Å². The maximum Gasteiger partial charge on any atom is 0.296 e. The number of carbonyl (C=O) groups excluding carboxylic acids is 1.